The van der Waals surface area contributed by atoms with Crippen LogP contribution in [0, 0.1) is 0 Å². The third kappa shape index (κ3) is 4.93. The van der Waals surface area contributed by atoms with Crippen molar-refractivity contribution in [2.75, 3.05) is 24.7 Å². The summed E-state index contributed by atoms with van der Waals surface area (Å²) in [6.45, 7) is 3.99. The van der Waals surface area contributed by atoms with Crippen molar-refractivity contribution in [2.45, 2.75) is 19.8 Å². The minimum absolute atomic E-state index is 0.0164. The van der Waals surface area contributed by atoms with Crippen molar-refractivity contribution in [2.24, 2.45) is 0 Å². The third-order valence-electron chi connectivity index (χ3n) is 3.25. The number of rotatable bonds is 8. The Bertz CT molecular complexity index is 569. The highest BCUT2D eigenvalue weighted by Crippen LogP contribution is 2.21. The van der Waals surface area contributed by atoms with Crippen LogP contribution in [0.15, 0.2) is 45.6 Å². The SMILES string of the molecule is CCCCOCCN(C(=O)c1ccsc1)c1ccc(Br)cc1. The Balaban J connectivity index is 2.06. The van der Waals surface area contributed by atoms with Crippen molar-refractivity contribution < 1.29 is 9.53 Å². The molecule has 0 atom stereocenters. The molecule has 1 aromatic carbocycles. The highest BCUT2D eigenvalue weighted by Gasteiger charge is 2.17. The molecule has 0 saturated heterocycles. The zero-order valence-electron chi connectivity index (χ0n) is 12.6. The summed E-state index contributed by atoms with van der Waals surface area (Å²) >= 11 is 4.96. The van der Waals surface area contributed by atoms with Gasteiger partial charge in [0.15, 0.2) is 0 Å². The fourth-order valence-electron chi connectivity index (χ4n) is 2.02. The summed E-state index contributed by atoms with van der Waals surface area (Å²) in [6, 6.07) is 9.64. The number of nitrogens with zero attached hydrogens (tertiary/aromatic N) is 1. The number of hydrogen-bond acceptors (Lipinski definition) is 3. The first kappa shape index (κ1) is 17.2. The van der Waals surface area contributed by atoms with Crippen LogP contribution in [-0.2, 0) is 4.74 Å². The summed E-state index contributed by atoms with van der Waals surface area (Å²) in [6.07, 6.45) is 2.17. The number of amides is 1. The van der Waals surface area contributed by atoms with Crippen molar-refractivity contribution in [1.82, 2.24) is 0 Å². The van der Waals surface area contributed by atoms with Crippen LogP contribution >= 0.6 is 27.3 Å². The largest absolute Gasteiger partial charge is 0.380 e. The Morgan fingerprint density at radius 1 is 1.23 bits per heavy atom. The molecule has 0 saturated carbocycles. The van der Waals surface area contributed by atoms with Gasteiger partial charge in [-0.2, -0.15) is 11.3 Å². The van der Waals surface area contributed by atoms with E-state index in [1.807, 2.05) is 41.1 Å². The fraction of sp³-hybridized carbons (Fsp3) is 0.353. The minimum atomic E-state index is 0.0164. The average Bonchev–Trinajstić information content (AvgIpc) is 3.06. The number of thiophene rings is 1. The molecule has 0 aliphatic carbocycles. The van der Waals surface area contributed by atoms with Gasteiger partial charge in [0.05, 0.1) is 12.2 Å². The Labute approximate surface area is 144 Å². The van der Waals surface area contributed by atoms with Crippen LogP contribution in [0.25, 0.3) is 0 Å². The first-order chi connectivity index (χ1) is 10.7. The van der Waals surface area contributed by atoms with Gasteiger partial charge in [-0.1, -0.05) is 29.3 Å². The monoisotopic (exact) mass is 381 g/mol. The van der Waals surface area contributed by atoms with E-state index in [2.05, 4.69) is 22.9 Å². The highest BCUT2D eigenvalue weighted by molar-refractivity contribution is 9.10. The lowest BCUT2D eigenvalue weighted by Crippen LogP contribution is -2.33. The van der Waals surface area contributed by atoms with Gasteiger partial charge >= 0.3 is 0 Å². The Kier molecular flexibility index (Phi) is 7.09. The van der Waals surface area contributed by atoms with Crippen molar-refractivity contribution in [3.8, 4) is 0 Å². The second-order valence-electron chi connectivity index (χ2n) is 4.91. The molecule has 118 valence electrons. The summed E-state index contributed by atoms with van der Waals surface area (Å²) < 4.78 is 6.62. The predicted molar refractivity (Wildman–Crippen MR) is 95.9 cm³/mol. The van der Waals surface area contributed by atoms with Gasteiger partial charge in [-0.3, -0.25) is 4.79 Å². The molecule has 1 heterocycles. The number of halogens is 1. The van der Waals surface area contributed by atoms with Gasteiger partial charge in [0.25, 0.3) is 5.91 Å². The maximum absolute atomic E-state index is 12.7. The average molecular weight is 382 g/mol. The van der Waals surface area contributed by atoms with E-state index in [4.69, 9.17) is 4.74 Å². The molecule has 0 spiro atoms. The number of anilines is 1. The molecule has 0 aliphatic rings. The Morgan fingerprint density at radius 3 is 2.64 bits per heavy atom. The number of carbonyl (C=O) groups excluding carboxylic acids is 1. The van der Waals surface area contributed by atoms with Crippen molar-refractivity contribution in [3.63, 3.8) is 0 Å². The molecule has 1 aromatic heterocycles. The minimum Gasteiger partial charge on any atom is -0.380 e. The molecule has 2 rings (SSSR count). The van der Waals surface area contributed by atoms with E-state index >= 15 is 0 Å². The number of carbonyl (C=O) groups is 1. The fourth-order valence-corrected chi connectivity index (χ4v) is 2.91. The maximum atomic E-state index is 12.7. The van der Waals surface area contributed by atoms with E-state index in [1.165, 1.54) is 11.3 Å². The zero-order valence-corrected chi connectivity index (χ0v) is 15.0. The second kappa shape index (κ2) is 9.08. The lowest BCUT2D eigenvalue weighted by molar-refractivity contribution is 0.0959. The van der Waals surface area contributed by atoms with Gasteiger partial charge in [0.1, 0.15) is 0 Å². The summed E-state index contributed by atoms with van der Waals surface area (Å²) in [7, 11) is 0. The molecular formula is C17H20BrNO2S. The molecule has 0 radical (unpaired) electrons. The predicted octanol–water partition coefficient (Wildman–Crippen LogP) is 4.97. The highest BCUT2D eigenvalue weighted by atomic mass is 79.9. The van der Waals surface area contributed by atoms with E-state index in [0.29, 0.717) is 13.2 Å². The van der Waals surface area contributed by atoms with Crippen molar-refractivity contribution >= 4 is 38.9 Å². The molecule has 0 aliphatic heterocycles. The molecule has 1 amide bonds. The van der Waals surface area contributed by atoms with Crippen LogP contribution in [-0.4, -0.2) is 25.7 Å². The van der Waals surface area contributed by atoms with Crippen LogP contribution in [0.2, 0.25) is 0 Å². The molecule has 22 heavy (non-hydrogen) atoms. The number of ether oxygens (including phenoxy) is 1. The van der Waals surface area contributed by atoms with Crippen LogP contribution in [0.4, 0.5) is 5.69 Å². The van der Waals surface area contributed by atoms with Gasteiger partial charge in [-0.15, -0.1) is 0 Å². The molecule has 0 N–H and O–H groups in total. The summed E-state index contributed by atoms with van der Waals surface area (Å²) in [4.78, 5) is 14.5. The third-order valence-corrected chi connectivity index (χ3v) is 4.46. The van der Waals surface area contributed by atoms with Gasteiger partial charge in [0, 0.05) is 28.7 Å². The molecular weight excluding hydrogens is 362 g/mol. The lowest BCUT2D eigenvalue weighted by atomic mass is 10.2. The summed E-state index contributed by atoms with van der Waals surface area (Å²) in [5, 5.41) is 3.80. The standard InChI is InChI=1S/C17H20BrNO2S/c1-2-3-10-21-11-9-19(16-6-4-15(18)5-7-16)17(20)14-8-12-22-13-14/h4-8,12-13H,2-3,9-11H2,1H3. The van der Waals surface area contributed by atoms with Gasteiger partial charge in [-0.05, 0) is 42.1 Å². The second-order valence-corrected chi connectivity index (χ2v) is 6.61. The van der Waals surface area contributed by atoms with Gasteiger partial charge in [0.2, 0.25) is 0 Å². The smallest absolute Gasteiger partial charge is 0.259 e. The van der Waals surface area contributed by atoms with Crippen LogP contribution < -0.4 is 4.90 Å². The quantitative estimate of drug-likeness (QED) is 0.603. The number of unbranched alkanes of at least 4 members (excludes halogenated alkanes) is 1. The van der Waals surface area contributed by atoms with Crippen LogP contribution in [0.3, 0.4) is 0 Å². The Hall–Kier alpha value is -1.17. The summed E-state index contributed by atoms with van der Waals surface area (Å²) in [5.41, 5.74) is 1.61. The molecule has 5 heteroatoms. The molecule has 3 nitrogen and oxygen atoms in total. The topological polar surface area (TPSA) is 29.5 Å². The molecule has 0 fully saturated rings. The van der Waals surface area contributed by atoms with Crippen LogP contribution in [0.5, 0.6) is 0 Å². The molecule has 2 aromatic rings. The van der Waals surface area contributed by atoms with E-state index in [-0.39, 0.29) is 5.91 Å². The van der Waals surface area contributed by atoms with Gasteiger partial charge < -0.3 is 9.64 Å². The van der Waals surface area contributed by atoms with Crippen LogP contribution in [0.1, 0.15) is 30.1 Å². The van der Waals surface area contributed by atoms with E-state index in [1.54, 1.807) is 4.90 Å². The normalized spacial score (nSPS) is 10.6. The van der Waals surface area contributed by atoms with Crippen molar-refractivity contribution in [3.05, 3.63) is 51.1 Å². The van der Waals surface area contributed by atoms with Crippen molar-refractivity contribution in [1.29, 1.82) is 0 Å². The molecule has 0 unspecified atom stereocenters. The molecule has 0 bridgehead atoms. The van der Waals surface area contributed by atoms with Gasteiger partial charge in [-0.25, -0.2) is 0 Å². The zero-order chi connectivity index (χ0) is 15.8. The number of hydrogen-bond donors (Lipinski definition) is 0. The first-order valence-corrected chi connectivity index (χ1v) is 9.13. The number of benzene rings is 1. The van der Waals surface area contributed by atoms with E-state index in [9.17, 15) is 4.79 Å². The first-order valence-electron chi connectivity index (χ1n) is 7.39. The van der Waals surface area contributed by atoms with E-state index in [0.717, 1.165) is 35.2 Å². The maximum Gasteiger partial charge on any atom is 0.259 e. The van der Waals surface area contributed by atoms with E-state index < -0.39 is 0 Å². The lowest BCUT2D eigenvalue weighted by Gasteiger charge is -2.22. The summed E-state index contributed by atoms with van der Waals surface area (Å²) in [5.74, 6) is 0.0164. The Morgan fingerprint density at radius 2 is 2.00 bits per heavy atom.